The van der Waals surface area contributed by atoms with Crippen LogP contribution in [0, 0.1) is 0 Å². The Hall–Kier alpha value is -2.65. The van der Waals surface area contributed by atoms with Crippen molar-refractivity contribution in [1.82, 2.24) is 5.32 Å². The molecule has 0 aliphatic heterocycles. The monoisotopic (exact) mass is 400 g/mol. The number of hydrogen-bond donors (Lipinski definition) is 2. The van der Waals surface area contributed by atoms with Gasteiger partial charge in [-0.25, -0.2) is 0 Å². The van der Waals surface area contributed by atoms with Crippen molar-refractivity contribution in [2.75, 3.05) is 5.32 Å². The van der Waals surface area contributed by atoms with Gasteiger partial charge in [0.2, 0.25) is 5.91 Å². The number of benzene rings is 3. The van der Waals surface area contributed by atoms with Gasteiger partial charge in [0.15, 0.2) is 0 Å². The summed E-state index contributed by atoms with van der Waals surface area (Å²) in [6.07, 6.45) is 6.71. The third-order valence-corrected chi connectivity index (χ3v) is 6.36. The normalized spacial score (nSPS) is 16.8. The van der Waals surface area contributed by atoms with E-state index in [1.807, 2.05) is 6.07 Å². The molecule has 0 spiro atoms. The molecule has 3 aromatic carbocycles. The van der Waals surface area contributed by atoms with Crippen molar-refractivity contribution in [2.24, 2.45) is 0 Å². The average Bonchev–Trinajstić information content (AvgIpc) is 2.76. The van der Waals surface area contributed by atoms with E-state index in [1.165, 1.54) is 33.9 Å². The molecular weight excluding hydrogens is 368 g/mol. The minimum absolute atomic E-state index is 0.0140. The molecule has 0 saturated heterocycles. The maximum Gasteiger partial charge on any atom is 0.221 e. The van der Waals surface area contributed by atoms with Gasteiger partial charge in [0, 0.05) is 24.7 Å². The fourth-order valence-corrected chi connectivity index (χ4v) is 4.76. The molecule has 1 aliphatic carbocycles. The topological polar surface area (TPSA) is 41.1 Å². The molecule has 0 heterocycles. The van der Waals surface area contributed by atoms with E-state index in [0.29, 0.717) is 12.1 Å². The molecular formula is C27H32N2O. The summed E-state index contributed by atoms with van der Waals surface area (Å²) in [5.74, 6) is -0.0140. The molecule has 30 heavy (non-hydrogen) atoms. The highest BCUT2D eigenvalue weighted by Crippen LogP contribution is 2.26. The number of fused-ring (bicyclic) bond motifs is 2. The maximum absolute atomic E-state index is 11.4. The number of carbonyl (C=O) groups excluding carboxylic acids is 1. The molecule has 0 bridgehead atoms. The molecule has 2 atom stereocenters. The van der Waals surface area contributed by atoms with E-state index in [-0.39, 0.29) is 5.91 Å². The van der Waals surface area contributed by atoms with Gasteiger partial charge in [-0.1, -0.05) is 55.5 Å². The van der Waals surface area contributed by atoms with Crippen molar-refractivity contribution in [3.63, 3.8) is 0 Å². The van der Waals surface area contributed by atoms with Crippen LogP contribution >= 0.6 is 0 Å². The number of nitrogens with one attached hydrogen (secondary N) is 2. The van der Waals surface area contributed by atoms with Gasteiger partial charge in [-0.05, 0) is 78.1 Å². The predicted octanol–water partition coefficient (Wildman–Crippen LogP) is 5.66. The summed E-state index contributed by atoms with van der Waals surface area (Å²) in [7, 11) is 0. The lowest BCUT2D eigenvalue weighted by atomic mass is 9.87. The fraction of sp³-hybridized carbons (Fsp3) is 0.370. The van der Waals surface area contributed by atoms with E-state index in [4.69, 9.17) is 0 Å². The zero-order valence-electron chi connectivity index (χ0n) is 18.1. The first kappa shape index (κ1) is 20.6. The van der Waals surface area contributed by atoms with Gasteiger partial charge in [0.25, 0.3) is 0 Å². The van der Waals surface area contributed by atoms with Crippen LogP contribution < -0.4 is 10.6 Å². The lowest BCUT2D eigenvalue weighted by Crippen LogP contribution is -2.41. The first-order chi connectivity index (χ1) is 14.6. The van der Waals surface area contributed by atoms with Gasteiger partial charge >= 0.3 is 0 Å². The molecule has 2 N–H and O–H groups in total. The van der Waals surface area contributed by atoms with Crippen molar-refractivity contribution in [3.8, 4) is 0 Å². The average molecular weight is 401 g/mol. The third-order valence-electron chi connectivity index (χ3n) is 6.36. The number of anilines is 1. The molecule has 3 aromatic rings. The van der Waals surface area contributed by atoms with E-state index in [1.54, 1.807) is 6.92 Å². The largest absolute Gasteiger partial charge is 0.326 e. The first-order valence-corrected chi connectivity index (χ1v) is 11.2. The Labute approximate surface area is 179 Å². The number of rotatable bonds is 7. The second-order valence-corrected chi connectivity index (χ2v) is 8.55. The van der Waals surface area contributed by atoms with Gasteiger partial charge in [-0.15, -0.1) is 0 Å². The smallest absolute Gasteiger partial charge is 0.221 e. The summed E-state index contributed by atoms with van der Waals surface area (Å²) in [5, 5.41) is 9.56. The zero-order chi connectivity index (χ0) is 20.9. The van der Waals surface area contributed by atoms with Crippen LogP contribution in [0.2, 0.25) is 0 Å². The van der Waals surface area contributed by atoms with Gasteiger partial charge in [0.1, 0.15) is 0 Å². The van der Waals surface area contributed by atoms with Crippen LogP contribution in [-0.4, -0.2) is 18.0 Å². The Morgan fingerprint density at radius 3 is 2.73 bits per heavy atom. The lowest BCUT2D eigenvalue weighted by Gasteiger charge is -2.30. The van der Waals surface area contributed by atoms with Crippen molar-refractivity contribution in [3.05, 3.63) is 77.4 Å². The van der Waals surface area contributed by atoms with Crippen molar-refractivity contribution in [1.29, 1.82) is 0 Å². The summed E-state index contributed by atoms with van der Waals surface area (Å²) in [5.41, 5.74) is 5.15. The molecule has 0 saturated carbocycles. The van der Waals surface area contributed by atoms with E-state index >= 15 is 0 Å². The summed E-state index contributed by atoms with van der Waals surface area (Å²) in [4.78, 5) is 11.4. The Morgan fingerprint density at radius 1 is 1.07 bits per heavy atom. The molecule has 4 rings (SSSR count). The third kappa shape index (κ3) is 4.91. The van der Waals surface area contributed by atoms with E-state index < -0.39 is 0 Å². The Morgan fingerprint density at radius 2 is 1.90 bits per heavy atom. The SMILES string of the molecule is CCC(CCc1cccc2ccccc12)NC1CCc2ccc(NC(C)=O)cc2C1. The number of aryl methyl sites for hydroxylation is 2. The van der Waals surface area contributed by atoms with Gasteiger partial charge in [-0.2, -0.15) is 0 Å². The highest BCUT2D eigenvalue weighted by atomic mass is 16.1. The molecule has 1 amide bonds. The predicted molar refractivity (Wildman–Crippen MR) is 126 cm³/mol. The van der Waals surface area contributed by atoms with Crippen molar-refractivity contribution < 1.29 is 4.79 Å². The molecule has 3 heteroatoms. The molecule has 1 aliphatic rings. The lowest BCUT2D eigenvalue weighted by molar-refractivity contribution is -0.114. The summed E-state index contributed by atoms with van der Waals surface area (Å²) in [6.45, 7) is 3.85. The van der Waals surface area contributed by atoms with Crippen LogP contribution in [0.4, 0.5) is 5.69 Å². The van der Waals surface area contributed by atoms with Crippen LogP contribution in [0.15, 0.2) is 60.7 Å². The Kier molecular flexibility index (Phi) is 6.49. The standard InChI is InChI=1S/C27H32N2O/c1-3-24(14-13-22-9-6-8-21-7-4-5-10-27(21)22)29-26-16-12-20-11-15-25(28-19(2)30)17-23(20)18-26/h4-11,15,17,24,26,29H,3,12-14,16,18H2,1-2H3,(H,28,30). The van der Waals surface area contributed by atoms with E-state index in [2.05, 4.69) is 72.2 Å². The summed E-state index contributed by atoms with van der Waals surface area (Å²) in [6, 6.07) is 22.7. The maximum atomic E-state index is 11.4. The van der Waals surface area contributed by atoms with E-state index in [9.17, 15) is 4.79 Å². The molecule has 2 unspecified atom stereocenters. The first-order valence-electron chi connectivity index (χ1n) is 11.2. The van der Waals surface area contributed by atoms with Gasteiger partial charge in [0.05, 0.1) is 0 Å². The molecule has 0 fully saturated rings. The zero-order valence-corrected chi connectivity index (χ0v) is 18.1. The van der Waals surface area contributed by atoms with Gasteiger partial charge < -0.3 is 10.6 Å². The molecule has 0 radical (unpaired) electrons. The minimum atomic E-state index is -0.0140. The Bertz CT molecular complexity index is 1020. The number of amides is 1. The highest BCUT2D eigenvalue weighted by molar-refractivity contribution is 5.88. The van der Waals surface area contributed by atoms with Crippen molar-refractivity contribution in [2.45, 2.75) is 64.5 Å². The van der Waals surface area contributed by atoms with E-state index in [0.717, 1.165) is 37.8 Å². The molecule has 0 aromatic heterocycles. The summed E-state index contributed by atoms with van der Waals surface area (Å²) >= 11 is 0. The highest BCUT2D eigenvalue weighted by Gasteiger charge is 2.21. The second kappa shape index (κ2) is 9.44. The number of carbonyl (C=O) groups is 1. The van der Waals surface area contributed by atoms with Crippen LogP contribution in [0.3, 0.4) is 0 Å². The van der Waals surface area contributed by atoms with Gasteiger partial charge in [-0.3, -0.25) is 4.79 Å². The number of hydrogen-bond acceptors (Lipinski definition) is 2. The molecule has 3 nitrogen and oxygen atoms in total. The van der Waals surface area contributed by atoms with Crippen LogP contribution in [0.25, 0.3) is 10.8 Å². The minimum Gasteiger partial charge on any atom is -0.326 e. The summed E-state index contributed by atoms with van der Waals surface area (Å²) < 4.78 is 0. The van der Waals surface area contributed by atoms with Crippen LogP contribution in [0.1, 0.15) is 49.8 Å². The quantitative estimate of drug-likeness (QED) is 0.537. The second-order valence-electron chi connectivity index (χ2n) is 8.55. The van der Waals surface area contributed by atoms with Crippen LogP contribution in [-0.2, 0) is 24.1 Å². The molecule has 156 valence electrons. The van der Waals surface area contributed by atoms with Crippen molar-refractivity contribution >= 4 is 22.4 Å². The fourth-order valence-electron chi connectivity index (χ4n) is 4.76. The van der Waals surface area contributed by atoms with Crippen LogP contribution in [0.5, 0.6) is 0 Å². The Balaban J connectivity index is 1.39.